The third-order valence-corrected chi connectivity index (χ3v) is 5.35. The molecule has 2 rings (SSSR count). The van der Waals surface area contributed by atoms with Crippen LogP contribution < -0.4 is 14.8 Å². The number of ether oxygens (including phenoxy) is 1. The van der Waals surface area contributed by atoms with Crippen LogP contribution in [0.5, 0.6) is 5.75 Å². The molecule has 0 saturated carbocycles. The Balaban J connectivity index is 2.32. The van der Waals surface area contributed by atoms with Crippen molar-refractivity contribution in [2.45, 2.75) is 30.7 Å². The van der Waals surface area contributed by atoms with Crippen molar-refractivity contribution in [1.82, 2.24) is 10.0 Å². The van der Waals surface area contributed by atoms with Gasteiger partial charge in [-0.25, -0.2) is 12.8 Å². The van der Waals surface area contributed by atoms with E-state index in [1.54, 1.807) is 24.3 Å². The van der Waals surface area contributed by atoms with Gasteiger partial charge in [0.05, 0.1) is 7.11 Å². The smallest absolute Gasteiger partial charge is 0.245 e. The van der Waals surface area contributed by atoms with Crippen LogP contribution in [0.2, 0.25) is 0 Å². The Morgan fingerprint density at radius 1 is 1.19 bits per heavy atom. The van der Waals surface area contributed by atoms with E-state index in [0.717, 1.165) is 17.7 Å². The molecule has 0 aliphatic rings. The highest BCUT2D eigenvalue weighted by Gasteiger charge is 2.28. The first-order valence-electron chi connectivity index (χ1n) is 8.55. The maximum Gasteiger partial charge on any atom is 0.245 e. The standard InChI is InChI=1S/C19H23FN2O4S/c1-3-11-21-19(23)16(12-14-7-5-4-6-8-14)22-27(24,25)18-13-15(20)9-10-17(18)26-2/h4-10,13,16,22H,3,11-12H2,1-2H3,(H,21,23). The Morgan fingerprint density at radius 3 is 2.52 bits per heavy atom. The first kappa shape index (κ1) is 20.9. The van der Waals surface area contributed by atoms with Gasteiger partial charge in [0.25, 0.3) is 0 Å². The monoisotopic (exact) mass is 394 g/mol. The minimum absolute atomic E-state index is 0.00340. The molecule has 0 aliphatic carbocycles. The second-order valence-corrected chi connectivity index (χ2v) is 7.63. The van der Waals surface area contributed by atoms with Crippen LogP contribution in [0.4, 0.5) is 4.39 Å². The maximum absolute atomic E-state index is 13.6. The molecular formula is C19H23FN2O4S. The lowest BCUT2D eigenvalue weighted by atomic mass is 10.1. The Labute approximate surface area is 158 Å². The van der Waals surface area contributed by atoms with Gasteiger partial charge in [-0.15, -0.1) is 0 Å². The number of carbonyl (C=O) groups excluding carboxylic acids is 1. The Bertz CT molecular complexity index is 873. The normalized spacial score (nSPS) is 12.4. The summed E-state index contributed by atoms with van der Waals surface area (Å²) >= 11 is 0. The summed E-state index contributed by atoms with van der Waals surface area (Å²) in [5.41, 5.74) is 0.794. The maximum atomic E-state index is 13.6. The van der Waals surface area contributed by atoms with Crippen LogP contribution in [0.25, 0.3) is 0 Å². The van der Waals surface area contributed by atoms with Gasteiger partial charge in [-0.1, -0.05) is 37.3 Å². The van der Waals surface area contributed by atoms with E-state index in [1.165, 1.54) is 13.2 Å². The third-order valence-electron chi connectivity index (χ3n) is 3.86. The van der Waals surface area contributed by atoms with E-state index in [1.807, 2.05) is 13.0 Å². The molecule has 0 radical (unpaired) electrons. The van der Waals surface area contributed by atoms with Crippen molar-refractivity contribution in [3.63, 3.8) is 0 Å². The van der Waals surface area contributed by atoms with Crippen LogP contribution in [0, 0.1) is 5.82 Å². The van der Waals surface area contributed by atoms with Crippen molar-refractivity contribution < 1.29 is 22.3 Å². The zero-order valence-electron chi connectivity index (χ0n) is 15.2. The second kappa shape index (κ2) is 9.48. The Hall–Kier alpha value is -2.45. The summed E-state index contributed by atoms with van der Waals surface area (Å²) in [5.74, 6) is -1.16. The molecule has 8 heteroatoms. The summed E-state index contributed by atoms with van der Waals surface area (Å²) in [6.07, 6.45) is 0.877. The lowest BCUT2D eigenvalue weighted by Crippen LogP contribution is -2.48. The number of amides is 1. The summed E-state index contributed by atoms with van der Waals surface area (Å²) in [5, 5.41) is 2.70. The number of hydrogen-bond donors (Lipinski definition) is 2. The highest BCUT2D eigenvalue weighted by Crippen LogP contribution is 2.24. The van der Waals surface area contributed by atoms with Gasteiger partial charge in [-0.3, -0.25) is 4.79 Å². The largest absolute Gasteiger partial charge is 0.495 e. The molecule has 2 aromatic carbocycles. The van der Waals surface area contributed by atoms with E-state index in [-0.39, 0.29) is 17.1 Å². The van der Waals surface area contributed by atoms with E-state index in [9.17, 15) is 17.6 Å². The summed E-state index contributed by atoms with van der Waals surface area (Å²) < 4.78 is 46.6. The fourth-order valence-corrected chi connectivity index (χ4v) is 3.90. The van der Waals surface area contributed by atoms with E-state index in [4.69, 9.17) is 4.74 Å². The van der Waals surface area contributed by atoms with E-state index in [0.29, 0.717) is 13.0 Å². The van der Waals surface area contributed by atoms with Crippen LogP contribution in [0.15, 0.2) is 53.4 Å². The lowest BCUT2D eigenvalue weighted by molar-refractivity contribution is -0.122. The molecule has 1 unspecified atom stereocenters. The highest BCUT2D eigenvalue weighted by molar-refractivity contribution is 7.89. The van der Waals surface area contributed by atoms with Crippen molar-refractivity contribution in [3.05, 3.63) is 59.9 Å². The number of carbonyl (C=O) groups is 1. The van der Waals surface area contributed by atoms with Gasteiger partial charge in [0.15, 0.2) is 0 Å². The van der Waals surface area contributed by atoms with Gasteiger partial charge in [0.2, 0.25) is 15.9 Å². The van der Waals surface area contributed by atoms with E-state index < -0.39 is 27.8 Å². The minimum Gasteiger partial charge on any atom is -0.495 e. The predicted molar refractivity (Wildman–Crippen MR) is 101 cm³/mol. The molecule has 1 atom stereocenters. The van der Waals surface area contributed by atoms with Gasteiger partial charge >= 0.3 is 0 Å². The van der Waals surface area contributed by atoms with E-state index >= 15 is 0 Å². The molecular weight excluding hydrogens is 371 g/mol. The number of sulfonamides is 1. The molecule has 0 bridgehead atoms. The predicted octanol–water partition coefficient (Wildman–Crippen LogP) is 2.25. The average molecular weight is 394 g/mol. The summed E-state index contributed by atoms with van der Waals surface area (Å²) in [7, 11) is -2.90. The van der Waals surface area contributed by atoms with Crippen molar-refractivity contribution in [3.8, 4) is 5.75 Å². The van der Waals surface area contributed by atoms with Crippen LogP contribution >= 0.6 is 0 Å². The zero-order chi connectivity index (χ0) is 19.9. The molecule has 0 fully saturated rings. The summed E-state index contributed by atoms with van der Waals surface area (Å²) in [6, 6.07) is 11.2. The number of nitrogens with one attached hydrogen (secondary N) is 2. The lowest BCUT2D eigenvalue weighted by Gasteiger charge is -2.19. The van der Waals surface area contributed by atoms with Crippen molar-refractivity contribution in [2.24, 2.45) is 0 Å². The molecule has 0 aromatic heterocycles. The van der Waals surface area contributed by atoms with E-state index in [2.05, 4.69) is 10.0 Å². The number of hydrogen-bond acceptors (Lipinski definition) is 4. The van der Waals surface area contributed by atoms with Crippen LogP contribution in [-0.2, 0) is 21.2 Å². The fourth-order valence-electron chi connectivity index (χ4n) is 2.52. The number of benzene rings is 2. The molecule has 27 heavy (non-hydrogen) atoms. The summed E-state index contributed by atoms with van der Waals surface area (Å²) in [6.45, 7) is 2.32. The minimum atomic E-state index is -4.19. The van der Waals surface area contributed by atoms with Gasteiger partial charge < -0.3 is 10.1 Å². The molecule has 0 saturated heterocycles. The van der Waals surface area contributed by atoms with Gasteiger partial charge in [-0.05, 0) is 36.6 Å². The fraction of sp³-hybridized carbons (Fsp3) is 0.316. The molecule has 146 valence electrons. The molecule has 0 aliphatic heterocycles. The number of methoxy groups -OCH3 is 1. The van der Waals surface area contributed by atoms with Crippen LogP contribution in [0.1, 0.15) is 18.9 Å². The topological polar surface area (TPSA) is 84.5 Å². The second-order valence-electron chi connectivity index (χ2n) is 5.95. The third kappa shape index (κ3) is 5.77. The van der Waals surface area contributed by atoms with Crippen molar-refractivity contribution in [2.75, 3.05) is 13.7 Å². The quantitative estimate of drug-likeness (QED) is 0.683. The first-order valence-corrected chi connectivity index (χ1v) is 10.0. The van der Waals surface area contributed by atoms with Crippen LogP contribution in [-0.4, -0.2) is 34.0 Å². The average Bonchev–Trinajstić information content (AvgIpc) is 2.66. The Kier molecular flexibility index (Phi) is 7.32. The molecule has 0 heterocycles. The molecule has 6 nitrogen and oxygen atoms in total. The molecule has 2 N–H and O–H groups in total. The SMILES string of the molecule is CCCNC(=O)C(Cc1ccccc1)NS(=O)(=O)c1cc(F)ccc1OC. The van der Waals surface area contributed by atoms with Crippen molar-refractivity contribution in [1.29, 1.82) is 0 Å². The van der Waals surface area contributed by atoms with Crippen LogP contribution in [0.3, 0.4) is 0 Å². The number of rotatable bonds is 9. The van der Waals surface area contributed by atoms with Gasteiger partial charge in [0.1, 0.15) is 22.5 Å². The van der Waals surface area contributed by atoms with Crippen molar-refractivity contribution >= 4 is 15.9 Å². The molecule has 1 amide bonds. The molecule has 2 aromatic rings. The number of halogens is 1. The summed E-state index contributed by atoms with van der Waals surface area (Å²) in [4.78, 5) is 12.1. The van der Waals surface area contributed by atoms with Gasteiger partial charge in [0, 0.05) is 6.54 Å². The molecule has 0 spiro atoms. The zero-order valence-corrected chi connectivity index (χ0v) is 16.1. The first-order chi connectivity index (χ1) is 12.9. The highest BCUT2D eigenvalue weighted by atomic mass is 32.2. The van der Waals surface area contributed by atoms with Gasteiger partial charge in [-0.2, -0.15) is 4.72 Å². The Morgan fingerprint density at radius 2 is 1.89 bits per heavy atom.